The van der Waals surface area contributed by atoms with Gasteiger partial charge in [-0.2, -0.15) is 0 Å². The van der Waals surface area contributed by atoms with Crippen LogP contribution in [0.5, 0.6) is 0 Å². The van der Waals surface area contributed by atoms with Crippen molar-refractivity contribution in [2.75, 3.05) is 11.1 Å². The summed E-state index contributed by atoms with van der Waals surface area (Å²) >= 11 is 0. The number of rotatable bonds is 9. The summed E-state index contributed by atoms with van der Waals surface area (Å²) in [5.41, 5.74) is 3.28. The molecule has 6 rings (SSSR count). The summed E-state index contributed by atoms with van der Waals surface area (Å²) in [5, 5.41) is 3.06. The van der Waals surface area contributed by atoms with E-state index in [4.69, 9.17) is 4.98 Å². The van der Waals surface area contributed by atoms with Gasteiger partial charge in [0.05, 0.1) is 35.4 Å². The van der Waals surface area contributed by atoms with Crippen LogP contribution < -0.4 is 10.9 Å². The number of nitrogens with one attached hydrogen (secondary N) is 1. The fourth-order valence-electron chi connectivity index (χ4n) is 5.11. The maximum atomic E-state index is 13.8. The number of fused-ring (bicyclic) bond motifs is 1. The molecule has 4 aromatic heterocycles. The number of hydrogen-bond donors (Lipinski definition) is 1. The van der Waals surface area contributed by atoms with E-state index in [1.165, 1.54) is 12.4 Å². The number of hydrogen-bond acceptors (Lipinski definition) is 11. The Morgan fingerprint density at radius 3 is 2.42 bits per heavy atom. The van der Waals surface area contributed by atoms with Crippen molar-refractivity contribution in [3.05, 3.63) is 52.5 Å². The quantitative estimate of drug-likeness (QED) is 0.319. The predicted molar refractivity (Wildman–Crippen MR) is 148 cm³/mol. The van der Waals surface area contributed by atoms with Gasteiger partial charge in [0.2, 0.25) is 0 Å². The summed E-state index contributed by atoms with van der Waals surface area (Å²) in [7, 11) is -3.40. The maximum Gasteiger partial charge on any atom is 0.295 e. The monoisotopic (exact) mass is 561 g/mol. The molecule has 208 valence electrons. The van der Waals surface area contributed by atoms with Gasteiger partial charge in [-0.3, -0.25) is 9.36 Å². The molecule has 2 fully saturated rings. The minimum Gasteiger partial charge on any atom is -0.358 e. The molecule has 40 heavy (non-hydrogen) atoms. The van der Waals surface area contributed by atoms with Crippen molar-refractivity contribution in [3.8, 4) is 11.4 Å². The molecule has 1 unspecified atom stereocenters. The molecule has 2 aliphatic carbocycles. The first-order valence-electron chi connectivity index (χ1n) is 13.7. The van der Waals surface area contributed by atoms with E-state index >= 15 is 0 Å². The second-order valence-electron chi connectivity index (χ2n) is 10.6. The first kappa shape index (κ1) is 26.4. The molecule has 12 nitrogen and oxygen atoms in total. The van der Waals surface area contributed by atoms with Gasteiger partial charge < -0.3 is 5.32 Å². The summed E-state index contributed by atoms with van der Waals surface area (Å²) in [6.07, 6.45) is 11.2. The van der Waals surface area contributed by atoms with Crippen molar-refractivity contribution in [3.63, 3.8) is 0 Å². The molecule has 0 amide bonds. The molecule has 4 aromatic rings. The van der Waals surface area contributed by atoms with Gasteiger partial charge in [-0.05, 0) is 45.4 Å². The van der Waals surface area contributed by atoms with E-state index in [1.807, 2.05) is 6.92 Å². The van der Waals surface area contributed by atoms with E-state index in [0.29, 0.717) is 34.6 Å². The van der Waals surface area contributed by atoms with Crippen molar-refractivity contribution in [1.29, 1.82) is 0 Å². The van der Waals surface area contributed by atoms with Crippen LogP contribution in [0.25, 0.3) is 22.6 Å². The fourth-order valence-corrected chi connectivity index (χ4v) is 5.87. The van der Waals surface area contributed by atoms with E-state index in [2.05, 4.69) is 42.1 Å². The van der Waals surface area contributed by atoms with E-state index in [1.54, 1.807) is 24.0 Å². The van der Waals surface area contributed by atoms with Gasteiger partial charge >= 0.3 is 0 Å². The highest BCUT2D eigenvalue weighted by molar-refractivity contribution is 7.91. The smallest absolute Gasteiger partial charge is 0.295 e. The van der Waals surface area contributed by atoms with Crippen LogP contribution in [0.4, 0.5) is 5.82 Å². The number of anilines is 1. The van der Waals surface area contributed by atoms with E-state index < -0.39 is 9.84 Å². The van der Waals surface area contributed by atoms with Crippen molar-refractivity contribution in [1.82, 2.24) is 39.5 Å². The van der Waals surface area contributed by atoms with E-state index in [9.17, 15) is 13.2 Å². The average molecular weight is 562 g/mol. The molecular formula is C27H31N9O3S. The summed E-state index contributed by atoms with van der Waals surface area (Å²) in [6, 6.07) is -0.0825. The molecule has 4 heterocycles. The molecule has 1 atom stereocenters. The zero-order valence-electron chi connectivity index (χ0n) is 22.7. The van der Waals surface area contributed by atoms with Crippen LogP contribution in [0.3, 0.4) is 0 Å². The van der Waals surface area contributed by atoms with Crippen LogP contribution in [-0.2, 0) is 16.4 Å². The second-order valence-corrected chi connectivity index (χ2v) is 12.8. The van der Waals surface area contributed by atoms with Gasteiger partial charge in [-0.15, -0.1) is 0 Å². The Morgan fingerprint density at radius 1 is 1.02 bits per heavy atom. The van der Waals surface area contributed by atoms with Crippen molar-refractivity contribution in [2.45, 2.75) is 76.3 Å². The molecule has 0 aliphatic heterocycles. The molecule has 0 aromatic carbocycles. The lowest BCUT2D eigenvalue weighted by atomic mass is 9.80. The van der Waals surface area contributed by atoms with Crippen molar-refractivity contribution >= 4 is 26.8 Å². The summed E-state index contributed by atoms with van der Waals surface area (Å²) in [5.74, 6) is 1.70. The summed E-state index contributed by atoms with van der Waals surface area (Å²) < 4.78 is 25.9. The lowest BCUT2D eigenvalue weighted by Crippen LogP contribution is -2.34. The second kappa shape index (κ2) is 10.3. The van der Waals surface area contributed by atoms with Gasteiger partial charge in [0.1, 0.15) is 22.6 Å². The van der Waals surface area contributed by atoms with Gasteiger partial charge in [0.25, 0.3) is 5.56 Å². The third-order valence-electron chi connectivity index (χ3n) is 7.96. The highest BCUT2D eigenvalue weighted by Gasteiger charge is 2.31. The SMILES string of the molecule is CCS(=O)(=O)c1cnc(CNc2nc3cnc(-c4c(C)ncnc4C4CC4)nc3n(C(C)C3CCC3)c2=O)nc1. The van der Waals surface area contributed by atoms with Crippen LogP contribution in [0.1, 0.15) is 75.1 Å². The van der Waals surface area contributed by atoms with Crippen LogP contribution in [0.15, 0.2) is 34.6 Å². The standard InChI is InChI=1S/C27H31N9O3S/c1-4-40(38,39)19-10-28-21(29-11-19)13-31-25-27(37)36(16(3)17-6-5-7-17)26-20(34-25)12-30-24(35-26)22-15(2)32-14-33-23(22)18-8-9-18/h10-12,14,16-18H,4-9,13H2,1-3H3,(H,31,34). The van der Waals surface area contributed by atoms with Crippen LogP contribution in [0, 0.1) is 12.8 Å². The Morgan fingerprint density at radius 2 is 1.77 bits per heavy atom. The topological polar surface area (TPSA) is 158 Å². The summed E-state index contributed by atoms with van der Waals surface area (Å²) in [4.78, 5) is 45.3. The molecule has 0 radical (unpaired) electrons. The Bertz CT molecular complexity index is 1750. The third kappa shape index (κ3) is 4.82. The summed E-state index contributed by atoms with van der Waals surface area (Å²) in [6.45, 7) is 5.65. The number of aryl methyl sites for hydroxylation is 1. The third-order valence-corrected chi connectivity index (χ3v) is 9.65. The lowest BCUT2D eigenvalue weighted by molar-refractivity contribution is 0.222. The normalized spacial score (nSPS) is 16.6. The lowest BCUT2D eigenvalue weighted by Gasteiger charge is -2.33. The van der Waals surface area contributed by atoms with Gasteiger partial charge in [-0.25, -0.2) is 43.3 Å². The molecule has 0 spiro atoms. The minimum atomic E-state index is -3.40. The van der Waals surface area contributed by atoms with E-state index in [0.717, 1.165) is 49.1 Å². The Labute approximate surface area is 231 Å². The Balaban J connectivity index is 1.39. The molecular weight excluding hydrogens is 530 g/mol. The molecule has 0 bridgehead atoms. The molecule has 2 saturated carbocycles. The molecule has 2 aliphatic rings. The average Bonchev–Trinajstić information content (AvgIpc) is 3.76. The first-order valence-corrected chi connectivity index (χ1v) is 15.3. The molecule has 13 heteroatoms. The minimum absolute atomic E-state index is 0.0315. The number of sulfone groups is 1. The van der Waals surface area contributed by atoms with E-state index in [-0.39, 0.29) is 34.6 Å². The molecule has 0 saturated heterocycles. The van der Waals surface area contributed by atoms with Crippen molar-refractivity contribution < 1.29 is 8.42 Å². The van der Waals surface area contributed by atoms with Gasteiger partial charge in [-0.1, -0.05) is 13.3 Å². The highest BCUT2D eigenvalue weighted by atomic mass is 32.2. The highest BCUT2D eigenvalue weighted by Crippen LogP contribution is 2.43. The zero-order valence-corrected chi connectivity index (χ0v) is 23.5. The Hall–Kier alpha value is -3.87. The van der Waals surface area contributed by atoms with Crippen LogP contribution >= 0.6 is 0 Å². The molecule has 1 N–H and O–H groups in total. The van der Waals surface area contributed by atoms with Gasteiger partial charge in [0, 0.05) is 24.4 Å². The van der Waals surface area contributed by atoms with Gasteiger partial charge in [0.15, 0.2) is 27.1 Å². The predicted octanol–water partition coefficient (Wildman–Crippen LogP) is 3.39. The zero-order chi connectivity index (χ0) is 28.0. The van der Waals surface area contributed by atoms with Crippen LogP contribution in [0.2, 0.25) is 0 Å². The Kier molecular flexibility index (Phi) is 6.77. The van der Waals surface area contributed by atoms with Crippen molar-refractivity contribution in [2.24, 2.45) is 5.92 Å². The number of aromatic nitrogens is 8. The first-order chi connectivity index (χ1) is 19.3. The number of nitrogens with zero attached hydrogens (tertiary/aromatic N) is 8. The fraction of sp³-hybridized carbons (Fsp3) is 0.481. The largest absolute Gasteiger partial charge is 0.358 e. The van der Waals surface area contributed by atoms with Crippen LogP contribution in [-0.4, -0.2) is 53.6 Å². The maximum absolute atomic E-state index is 13.8.